The second kappa shape index (κ2) is 10.8. The van der Waals surface area contributed by atoms with E-state index in [1.165, 1.54) is 11.0 Å². The summed E-state index contributed by atoms with van der Waals surface area (Å²) >= 11 is 0. The van der Waals surface area contributed by atoms with Crippen molar-refractivity contribution in [3.8, 4) is 0 Å². The first-order chi connectivity index (χ1) is 18.0. The lowest BCUT2D eigenvalue weighted by Gasteiger charge is -2.28. The van der Waals surface area contributed by atoms with Gasteiger partial charge in [-0.05, 0) is 48.6 Å². The van der Waals surface area contributed by atoms with E-state index in [1.807, 2.05) is 54.7 Å². The highest BCUT2D eigenvalue weighted by atomic mass is 19.1. The number of anilines is 1. The summed E-state index contributed by atoms with van der Waals surface area (Å²) in [7, 11) is 0. The first-order valence-corrected chi connectivity index (χ1v) is 12.4. The number of para-hydroxylation sites is 1. The standard InChI is InChI=1S/C29H28F2N4O2/c30-22-10-13-27(25(31)16-22)33-29(37)35(23-11-12-23)19-28(36)34(18-20-6-2-1-3-7-20)15-14-21-17-32-26-9-5-4-8-24(21)26/h1-10,13,16-17,23,32H,11-12,14-15,18-19H2,(H,33,37). The number of hydrogen-bond donors (Lipinski definition) is 2. The van der Waals surface area contributed by atoms with Gasteiger partial charge in [-0.25, -0.2) is 13.6 Å². The van der Waals surface area contributed by atoms with Crippen LogP contribution in [0.15, 0.2) is 79.0 Å². The number of benzene rings is 3. The van der Waals surface area contributed by atoms with Gasteiger partial charge in [0, 0.05) is 42.3 Å². The molecule has 3 aromatic carbocycles. The molecule has 1 aliphatic carbocycles. The first-order valence-electron chi connectivity index (χ1n) is 12.4. The summed E-state index contributed by atoms with van der Waals surface area (Å²) < 4.78 is 27.4. The van der Waals surface area contributed by atoms with Crippen LogP contribution in [-0.2, 0) is 17.8 Å². The Labute approximate surface area is 213 Å². The molecule has 0 spiro atoms. The molecule has 2 N–H and O–H groups in total. The van der Waals surface area contributed by atoms with Gasteiger partial charge >= 0.3 is 6.03 Å². The lowest BCUT2D eigenvalue weighted by atomic mass is 10.1. The molecular formula is C29H28F2N4O2. The van der Waals surface area contributed by atoms with Crippen molar-refractivity contribution >= 4 is 28.5 Å². The fourth-order valence-corrected chi connectivity index (χ4v) is 4.47. The van der Waals surface area contributed by atoms with E-state index >= 15 is 0 Å². The van der Waals surface area contributed by atoms with Gasteiger partial charge in [-0.2, -0.15) is 0 Å². The highest BCUT2D eigenvalue weighted by molar-refractivity contribution is 5.93. The van der Waals surface area contributed by atoms with Gasteiger partial charge in [-0.1, -0.05) is 48.5 Å². The van der Waals surface area contributed by atoms with Crippen molar-refractivity contribution in [1.29, 1.82) is 0 Å². The predicted molar refractivity (Wildman–Crippen MR) is 139 cm³/mol. The zero-order valence-electron chi connectivity index (χ0n) is 20.3. The number of rotatable bonds is 9. The molecule has 1 aromatic heterocycles. The number of carbonyl (C=O) groups is 2. The number of nitrogens with one attached hydrogen (secondary N) is 2. The molecule has 5 rings (SSSR count). The molecule has 1 saturated carbocycles. The fraction of sp³-hybridized carbons (Fsp3) is 0.241. The third-order valence-electron chi connectivity index (χ3n) is 6.62. The minimum absolute atomic E-state index is 0.0837. The van der Waals surface area contributed by atoms with Gasteiger partial charge in [0.15, 0.2) is 0 Å². The highest BCUT2D eigenvalue weighted by Gasteiger charge is 2.35. The maximum atomic E-state index is 14.1. The van der Waals surface area contributed by atoms with E-state index in [9.17, 15) is 18.4 Å². The van der Waals surface area contributed by atoms with Crippen molar-refractivity contribution < 1.29 is 18.4 Å². The summed E-state index contributed by atoms with van der Waals surface area (Å²) in [5.74, 6) is -1.78. The number of amides is 3. The highest BCUT2D eigenvalue weighted by Crippen LogP contribution is 2.28. The van der Waals surface area contributed by atoms with Crippen LogP contribution in [-0.4, -0.2) is 45.9 Å². The average molecular weight is 503 g/mol. The number of aromatic amines is 1. The molecule has 8 heteroatoms. The molecule has 1 heterocycles. The largest absolute Gasteiger partial charge is 0.361 e. The first kappa shape index (κ1) is 24.5. The fourth-order valence-electron chi connectivity index (χ4n) is 4.47. The number of hydrogen-bond acceptors (Lipinski definition) is 2. The smallest absolute Gasteiger partial charge is 0.322 e. The van der Waals surface area contributed by atoms with Crippen molar-refractivity contribution in [1.82, 2.24) is 14.8 Å². The molecule has 0 unspecified atom stereocenters. The van der Waals surface area contributed by atoms with E-state index in [2.05, 4.69) is 16.4 Å². The van der Waals surface area contributed by atoms with E-state index in [0.717, 1.165) is 40.9 Å². The molecule has 1 aliphatic rings. The van der Waals surface area contributed by atoms with E-state index < -0.39 is 17.7 Å². The Balaban J connectivity index is 1.31. The van der Waals surface area contributed by atoms with Crippen molar-refractivity contribution in [2.45, 2.75) is 31.8 Å². The van der Waals surface area contributed by atoms with E-state index in [4.69, 9.17) is 0 Å². The lowest BCUT2D eigenvalue weighted by Crippen LogP contribution is -2.46. The minimum atomic E-state index is -0.861. The topological polar surface area (TPSA) is 68.4 Å². The van der Waals surface area contributed by atoms with Crippen LogP contribution in [0.1, 0.15) is 24.0 Å². The molecule has 190 valence electrons. The molecule has 0 atom stereocenters. The number of urea groups is 1. The number of fused-ring (bicyclic) bond motifs is 1. The van der Waals surface area contributed by atoms with E-state index in [-0.39, 0.29) is 24.2 Å². The van der Waals surface area contributed by atoms with Gasteiger partial charge < -0.3 is 20.1 Å². The molecule has 4 aromatic rings. The Morgan fingerprint density at radius 1 is 0.973 bits per heavy atom. The summed E-state index contributed by atoms with van der Waals surface area (Å²) in [6, 6.07) is 20.1. The Morgan fingerprint density at radius 2 is 1.73 bits per heavy atom. The van der Waals surface area contributed by atoms with E-state index in [1.54, 1.807) is 4.90 Å². The SMILES string of the molecule is O=C(CN(C(=O)Nc1ccc(F)cc1F)C1CC1)N(CCc1c[nH]c2ccccc12)Cc1ccccc1. The third kappa shape index (κ3) is 5.97. The zero-order chi connectivity index (χ0) is 25.8. The maximum absolute atomic E-state index is 14.1. The molecule has 3 amide bonds. The Morgan fingerprint density at radius 3 is 2.49 bits per heavy atom. The van der Waals surface area contributed by atoms with Gasteiger partial charge in [0.1, 0.15) is 18.2 Å². The molecule has 1 fully saturated rings. The van der Waals surface area contributed by atoms with Crippen LogP contribution in [0.2, 0.25) is 0 Å². The van der Waals surface area contributed by atoms with E-state index in [0.29, 0.717) is 25.6 Å². The van der Waals surface area contributed by atoms with Gasteiger partial charge in [0.25, 0.3) is 0 Å². The van der Waals surface area contributed by atoms with Crippen LogP contribution in [0.4, 0.5) is 19.3 Å². The minimum Gasteiger partial charge on any atom is -0.361 e. The molecule has 6 nitrogen and oxygen atoms in total. The Bertz CT molecular complexity index is 1400. The second-order valence-electron chi connectivity index (χ2n) is 9.32. The predicted octanol–water partition coefficient (Wildman–Crippen LogP) is 5.71. The lowest BCUT2D eigenvalue weighted by molar-refractivity contribution is -0.132. The van der Waals surface area contributed by atoms with Crippen LogP contribution in [0.3, 0.4) is 0 Å². The van der Waals surface area contributed by atoms with Crippen LogP contribution < -0.4 is 5.32 Å². The quantitative estimate of drug-likeness (QED) is 0.308. The third-order valence-corrected chi connectivity index (χ3v) is 6.62. The summed E-state index contributed by atoms with van der Waals surface area (Å²) in [6.07, 6.45) is 4.18. The zero-order valence-corrected chi connectivity index (χ0v) is 20.3. The molecular weight excluding hydrogens is 474 g/mol. The van der Waals surface area contributed by atoms with Crippen molar-refractivity contribution in [2.24, 2.45) is 0 Å². The normalized spacial score (nSPS) is 12.9. The average Bonchev–Trinajstić information content (AvgIpc) is 3.66. The second-order valence-corrected chi connectivity index (χ2v) is 9.32. The van der Waals surface area contributed by atoms with Gasteiger partial charge in [-0.3, -0.25) is 4.79 Å². The molecule has 0 saturated heterocycles. The monoisotopic (exact) mass is 502 g/mol. The molecule has 37 heavy (non-hydrogen) atoms. The van der Waals surface area contributed by atoms with Crippen molar-refractivity contribution in [3.63, 3.8) is 0 Å². The maximum Gasteiger partial charge on any atom is 0.322 e. The molecule has 0 radical (unpaired) electrons. The summed E-state index contributed by atoms with van der Waals surface area (Å²) in [4.78, 5) is 33.1. The van der Waals surface area contributed by atoms with Crippen LogP contribution in [0.25, 0.3) is 10.9 Å². The van der Waals surface area contributed by atoms with Gasteiger partial charge in [0.05, 0.1) is 5.69 Å². The van der Waals surface area contributed by atoms with Crippen LogP contribution in [0.5, 0.6) is 0 Å². The van der Waals surface area contributed by atoms with Crippen LogP contribution in [0, 0.1) is 11.6 Å². The summed E-state index contributed by atoms with van der Waals surface area (Å²) in [5, 5.41) is 3.62. The number of H-pyrrole nitrogens is 1. The van der Waals surface area contributed by atoms with Gasteiger partial charge in [-0.15, -0.1) is 0 Å². The number of nitrogens with zero attached hydrogens (tertiary/aromatic N) is 2. The molecule has 0 bridgehead atoms. The van der Waals surface area contributed by atoms with Crippen LogP contribution >= 0.6 is 0 Å². The number of carbonyl (C=O) groups excluding carboxylic acids is 2. The Hall–Kier alpha value is -4.20. The van der Waals surface area contributed by atoms with Gasteiger partial charge in [0.2, 0.25) is 5.91 Å². The van der Waals surface area contributed by atoms with Crippen molar-refractivity contribution in [2.75, 3.05) is 18.4 Å². The summed E-state index contributed by atoms with van der Waals surface area (Å²) in [5.41, 5.74) is 3.03. The molecule has 0 aliphatic heterocycles. The summed E-state index contributed by atoms with van der Waals surface area (Å²) in [6.45, 7) is 0.761. The number of aromatic nitrogens is 1. The van der Waals surface area contributed by atoms with Crippen molar-refractivity contribution in [3.05, 3.63) is 102 Å². The Kier molecular flexibility index (Phi) is 7.16. The number of halogens is 2.